The first-order valence-electron chi connectivity index (χ1n) is 8.21. The number of rotatable bonds is 5. The van der Waals surface area contributed by atoms with Crippen molar-refractivity contribution in [3.05, 3.63) is 46.4 Å². The molecule has 2 aromatic rings. The molecule has 0 saturated carbocycles. The Kier molecular flexibility index (Phi) is 5.77. The molecule has 3 rings (SSSR count). The van der Waals surface area contributed by atoms with Crippen LogP contribution in [0.1, 0.15) is 6.42 Å². The van der Waals surface area contributed by atoms with Gasteiger partial charge in [0.05, 0.1) is 30.8 Å². The minimum absolute atomic E-state index is 0.113. The Morgan fingerprint density at radius 3 is 2.41 bits per heavy atom. The van der Waals surface area contributed by atoms with E-state index < -0.39 is 5.92 Å². The Balaban J connectivity index is 1.76. The minimum atomic E-state index is -0.487. The number of ether oxygens (including phenoxy) is 2. The van der Waals surface area contributed by atoms with Crippen LogP contribution in [0.4, 0.5) is 11.4 Å². The third kappa shape index (κ3) is 4.12. The summed E-state index contributed by atoms with van der Waals surface area (Å²) in [6, 6.07) is 10.1. The molecule has 2 aromatic carbocycles. The molecule has 1 aliphatic heterocycles. The summed E-state index contributed by atoms with van der Waals surface area (Å²) in [6.45, 7) is 0.291. The summed E-state index contributed by atoms with van der Waals surface area (Å²) in [6.07, 6.45) is 0.126. The molecule has 0 aromatic heterocycles. The Labute approximate surface area is 167 Å². The number of amides is 2. The minimum Gasteiger partial charge on any atom is -0.495 e. The second-order valence-electron chi connectivity index (χ2n) is 6.06. The monoisotopic (exact) mass is 408 g/mol. The van der Waals surface area contributed by atoms with Gasteiger partial charge in [-0.25, -0.2) is 0 Å². The Bertz CT molecular complexity index is 871. The van der Waals surface area contributed by atoms with E-state index in [-0.39, 0.29) is 18.2 Å². The summed E-state index contributed by atoms with van der Waals surface area (Å²) in [7, 11) is 2.97. The van der Waals surface area contributed by atoms with Crippen molar-refractivity contribution in [1.82, 2.24) is 0 Å². The van der Waals surface area contributed by atoms with Crippen LogP contribution in [0.15, 0.2) is 36.4 Å². The molecule has 1 N–H and O–H groups in total. The predicted octanol–water partition coefficient (Wildman–Crippen LogP) is 4.00. The highest BCUT2D eigenvalue weighted by Gasteiger charge is 2.35. The fraction of sp³-hybridized carbons (Fsp3) is 0.263. The maximum Gasteiger partial charge on any atom is 0.229 e. The zero-order valence-corrected chi connectivity index (χ0v) is 16.3. The van der Waals surface area contributed by atoms with E-state index >= 15 is 0 Å². The number of carbonyl (C=O) groups is 2. The van der Waals surface area contributed by atoms with Crippen LogP contribution in [-0.4, -0.2) is 32.6 Å². The van der Waals surface area contributed by atoms with Crippen LogP contribution in [0.3, 0.4) is 0 Å². The van der Waals surface area contributed by atoms with Gasteiger partial charge in [-0.15, -0.1) is 0 Å². The van der Waals surface area contributed by atoms with Crippen LogP contribution in [0.25, 0.3) is 0 Å². The van der Waals surface area contributed by atoms with Crippen molar-refractivity contribution < 1.29 is 19.1 Å². The van der Waals surface area contributed by atoms with Crippen molar-refractivity contribution in [3.63, 3.8) is 0 Å². The van der Waals surface area contributed by atoms with Crippen LogP contribution in [0.5, 0.6) is 11.5 Å². The molecule has 1 atom stereocenters. The first kappa shape index (κ1) is 19.3. The molecule has 1 heterocycles. The molecule has 0 aliphatic carbocycles. The van der Waals surface area contributed by atoms with Crippen LogP contribution < -0.4 is 19.7 Å². The highest BCUT2D eigenvalue weighted by atomic mass is 35.5. The summed E-state index contributed by atoms with van der Waals surface area (Å²) in [4.78, 5) is 26.6. The number of carbonyl (C=O) groups excluding carboxylic acids is 2. The average molecular weight is 409 g/mol. The van der Waals surface area contributed by atoms with E-state index in [1.54, 1.807) is 41.3 Å². The van der Waals surface area contributed by atoms with Gasteiger partial charge in [0.2, 0.25) is 11.8 Å². The van der Waals surface area contributed by atoms with Crippen molar-refractivity contribution in [2.24, 2.45) is 5.92 Å². The molecule has 2 amide bonds. The molecule has 0 bridgehead atoms. The van der Waals surface area contributed by atoms with E-state index in [1.807, 2.05) is 0 Å². The fourth-order valence-electron chi connectivity index (χ4n) is 2.95. The molecule has 0 spiro atoms. The maximum atomic E-state index is 12.7. The molecule has 8 heteroatoms. The molecule has 27 heavy (non-hydrogen) atoms. The van der Waals surface area contributed by atoms with Crippen LogP contribution in [0, 0.1) is 5.92 Å². The number of anilines is 2. The maximum absolute atomic E-state index is 12.7. The van der Waals surface area contributed by atoms with Crippen molar-refractivity contribution in [2.45, 2.75) is 6.42 Å². The zero-order chi connectivity index (χ0) is 19.6. The number of hydrogen-bond donors (Lipinski definition) is 1. The smallest absolute Gasteiger partial charge is 0.229 e. The summed E-state index contributed by atoms with van der Waals surface area (Å²) in [5.74, 6) is -0.0498. The topological polar surface area (TPSA) is 67.9 Å². The normalized spacial score (nSPS) is 16.4. The summed E-state index contributed by atoms with van der Waals surface area (Å²) in [5, 5.41) is 3.76. The van der Waals surface area contributed by atoms with Gasteiger partial charge in [0, 0.05) is 35.8 Å². The average Bonchev–Trinajstić information content (AvgIpc) is 3.05. The quantitative estimate of drug-likeness (QED) is 0.811. The number of halogens is 2. The van der Waals surface area contributed by atoms with E-state index in [9.17, 15) is 9.59 Å². The molecule has 1 fully saturated rings. The van der Waals surface area contributed by atoms with Gasteiger partial charge in [0.15, 0.2) is 0 Å². The molecule has 0 unspecified atom stereocenters. The van der Waals surface area contributed by atoms with Gasteiger partial charge in [0.1, 0.15) is 11.5 Å². The summed E-state index contributed by atoms with van der Waals surface area (Å²) in [5.41, 5.74) is 1.14. The van der Waals surface area contributed by atoms with Gasteiger partial charge in [-0.1, -0.05) is 23.2 Å². The first-order valence-corrected chi connectivity index (χ1v) is 8.97. The van der Waals surface area contributed by atoms with E-state index in [0.717, 1.165) is 0 Å². The second-order valence-corrected chi connectivity index (χ2v) is 6.90. The lowest BCUT2D eigenvalue weighted by molar-refractivity contribution is -0.122. The molecular formula is C19H18Cl2N2O4. The van der Waals surface area contributed by atoms with E-state index in [4.69, 9.17) is 32.7 Å². The lowest BCUT2D eigenvalue weighted by atomic mass is 10.1. The van der Waals surface area contributed by atoms with Crippen molar-refractivity contribution >= 4 is 46.4 Å². The lowest BCUT2D eigenvalue weighted by Crippen LogP contribution is -2.28. The van der Waals surface area contributed by atoms with Gasteiger partial charge in [-0.2, -0.15) is 0 Å². The van der Waals surface area contributed by atoms with Crippen molar-refractivity contribution in [3.8, 4) is 11.5 Å². The van der Waals surface area contributed by atoms with Gasteiger partial charge >= 0.3 is 0 Å². The molecule has 1 saturated heterocycles. The van der Waals surface area contributed by atoms with Crippen molar-refractivity contribution in [2.75, 3.05) is 31.0 Å². The number of methoxy groups -OCH3 is 2. The van der Waals surface area contributed by atoms with Crippen LogP contribution in [-0.2, 0) is 9.59 Å². The van der Waals surface area contributed by atoms with Crippen molar-refractivity contribution in [1.29, 1.82) is 0 Å². The van der Waals surface area contributed by atoms with E-state index in [2.05, 4.69) is 5.32 Å². The van der Waals surface area contributed by atoms with Crippen LogP contribution in [0.2, 0.25) is 10.0 Å². The number of hydrogen-bond acceptors (Lipinski definition) is 4. The SMILES string of the molecule is COc1cc(NC(=O)[C@@H]2CC(=O)N(c3ccc(Cl)cc3)C2)c(OC)cc1Cl. The number of nitrogens with zero attached hydrogens (tertiary/aromatic N) is 1. The standard InChI is InChI=1S/C19H18Cl2N2O4/c1-26-16-9-15(17(27-2)8-14(16)21)22-19(25)11-7-18(24)23(10-11)13-5-3-12(20)4-6-13/h3-6,8-9,11H,7,10H2,1-2H3,(H,22,25)/t11-/m1/s1. The van der Waals surface area contributed by atoms with Gasteiger partial charge in [0.25, 0.3) is 0 Å². The molecule has 142 valence electrons. The van der Waals surface area contributed by atoms with Crippen LogP contribution >= 0.6 is 23.2 Å². The Hall–Kier alpha value is -2.44. The summed E-state index contributed by atoms with van der Waals surface area (Å²) >= 11 is 12.0. The van der Waals surface area contributed by atoms with E-state index in [1.165, 1.54) is 14.2 Å². The molecule has 6 nitrogen and oxygen atoms in total. The predicted molar refractivity (Wildman–Crippen MR) is 105 cm³/mol. The molecule has 0 radical (unpaired) electrons. The lowest BCUT2D eigenvalue weighted by Gasteiger charge is -2.17. The van der Waals surface area contributed by atoms with Gasteiger partial charge in [-0.05, 0) is 24.3 Å². The molecule has 1 aliphatic rings. The number of nitrogens with one attached hydrogen (secondary N) is 1. The fourth-order valence-corrected chi connectivity index (χ4v) is 3.30. The third-order valence-electron chi connectivity index (χ3n) is 4.37. The Morgan fingerprint density at radius 1 is 1.11 bits per heavy atom. The van der Waals surface area contributed by atoms with Gasteiger partial charge < -0.3 is 19.7 Å². The largest absolute Gasteiger partial charge is 0.495 e. The second kappa shape index (κ2) is 8.06. The van der Waals surface area contributed by atoms with Gasteiger partial charge in [-0.3, -0.25) is 9.59 Å². The zero-order valence-electron chi connectivity index (χ0n) is 14.8. The first-order chi connectivity index (χ1) is 12.9. The molecular weight excluding hydrogens is 391 g/mol. The number of benzene rings is 2. The highest BCUT2D eigenvalue weighted by Crippen LogP contribution is 2.36. The van der Waals surface area contributed by atoms with E-state index in [0.29, 0.717) is 39.5 Å². The highest BCUT2D eigenvalue weighted by molar-refractivity contribution is 6.32. The third-order valence-corrected chi connectivity index (χ3v) is 4.91. The Morgan fingerprint density at radius 2 is 1.78 bits per heavy atom. The summed E-state index contributed by atoms with van der Waals surface area (Å²) < 4.78 is 10.4.